The molecule has 1 fully saturated rings. The minimum atomic E-state index is 0.729. The second-order valence-corrected chi connectivity index (χ2v) is 3.71. The van der Waals surface area contributed by atoms with Gasteiger partial charge in [0.15, 0.2) is 0 Å². The molecule has 76 valence electrons. The Labute approximate surface area is 83.2 Å². The van der Waals surface area contributed by atoms with Crippen molar-refractivity contribution in [3.05, 3.63) is 11.9 Å². The number of piperidine rings is 1. The predicted octanol–water partition coefficient (Wildman–Crippen LogP) is 0.778. The number of nitrogens with zero attached hydrogens (tertiary/aromatic N) is 4. The van der Waals surface area contributed by atoms with Crippen molar-refractivity contribution in [2.45, 2.75) is 25.8 Å². The maximum atomic E-state index is 7.77. The molecule has 0 aromatic carbocycles. The monoisotopic (exact) mass is 193 g/mol. The molecule has 1 saturated heterocycles. The van der Waals surface area contributed by atoms with Gasteiger partial charge in [0.2, 0.25) is 0 Å². The molecule has 0 amide bonds. The molecular weight excluding hydrogens is 178 g/mol. The second kappa shape index (κ2) is 3.77. The van der Waals surface area contributed by atoms with E-state index >= 15 is 0 Å². The lowest BCUT2D eigenvalue weighted by Crippen LogP contribution is -2.34. The van der Waals surface area contributed by atoms with E-state index in [-0.39, 0.29) is 0 Å². The summed E-state index contributed by atoms with van der Waals surface area (Å²) < 4.78 is 1.70. The Morgan fingerprint density at radius 3 is 3.00 bits per heavy atom. The van der Waals surface area contributed by atoms with E-state index in [0.29, 0.717) is 0 Å². The minimum absolute atomic E-state index is 0.729. The Balaban J connectivity index is 1.99. The largest absolute Gasteiger partial charge is 0.355 e. The van der Waals surface area contributed by atoms with Crippen LogP contribution < -0.4 is 0 Å². The molecule has 0 radical (unpaired) electrons. The van der Waals surface area contributed by atoms with E-state index in [4.69, 9.17) is 5.41 Å². The third-order valence-electron chi connectivity index (χ3n) is 2.48. The van der Waals surface area contributed by atoms with Crippen molar-refractivity contribution in [2.24, 2.45) is 7.05 Å². The molecular formula is C9H15N5. The fraction of sp³-hybridized carbons (Fsp3) is 0.667. The summed E-state index contributed by atoms with van der Waals surface area (Å²) in [6.07, 6.45) is 5.14. The maximum Gasteiger partial charge on any atom is 0.102 e. The summed E-state index contributed by atoms with van der Waals surface area (Å²) >= 11 is 0. The van der Waals surface area contributed by atoms with E-state index < -0.39 is 0 Å². The van der Waals surface area contributed by atoms with Crippen LogP contribution in [0.25, 0.3) is 0 Å². The maximum absolute atomic E-state index is 7.77. The van der Waals surface area contributed by atoms with Gasteiger partial charge in [0, 0.05) is 26.2 Å². The molecule has 1 aromatic heterocycles. The normalized spacial score (nSPS) is 17.5. The van der Waals surface area contributed by atoms with E-state index in [1.807, 2.05) is 13.2 Å². The quantitative estimate of drug-likeness (QED) is 0.755. The van der Waals surface area contributed by atoms with Gasteiger partial charge in [-0.05, 0) is 12.8 Å². The molecule has 5 nitrogen and oxygen atoms in total. The molecule has 0 atom stereocenters. The van der Waals surface area contributed by atoms with Crippen molar-refractivity contribution in [2.75, 3.05) is 6.54 Å². The standard InChI is InChI=1S/C9H15N5/c1-13-6-8(11-12-13)7-14-5-3-2-4-9(14)10/h6,10H,2-5,7H2,1H3. The molecule has 1 aliphatic heterocycles. The second-order valence-electron chi connectivity index (χ2n) is 3.71. The van der Waals surface area contributed by atoms with Gasteiger partial charge in [-0.1, -0.05) is 5.21 Å². The Hall–Kier alpha value is -1.39. The average molecular weight is 193 g/mol. The number of amidine groups is 1. The van der Waals surface area contributed by atoms with Crippen molar-refractivity contribution < 1.29 is 0 Å². The first kappa shape index (κ1) is 9.18. The zero-order valence-corrected chi connectivity index (χ0v) is 8.40. The Kier molecular flexibility index (Phi) is 2.47. The van der Waals surface area contributed by atoms with Gasteiger partial charge in [-0.15, -0.1) is 5.10 Å². The summed E-state index contributed by atoms with van der Waals surface area (Å²) in [6, 6.07) is 0. The number of aromatic nitrogens is 3. The van der Waals surface area contributed by atoms with Crippen LogP contribution in [0.1, 0.15) is 25.0 Å². The average Bonchev–Trinajstić information content (AvgIpc) is 2.56. The fourth-order valence-electron chi connectivity index (χ4n) is 1.73. The third-order valence-corrected chi connectivity index (χ3v) is 2.48. The van der Waals surface area contributed by atoms with Crippen LogP contribution in [-0.4, -0.2) is 32.3 Å². The van der Waals surface area contributed by atoms with Crippen LogP contribution in [0.4, 0.5) is 0 Å². The van der Waals surface area contributed by atoms with Crippen LogP contribution in [0.5, 0.6) is 0 Å². The van der Waals surface area contributed by atoms with E-state index in [1.54, 1.807) is 4.68 Å². The van der Waals surface area contributed by atoms with E-state index in [0.717, 1.165) is 37.5 Å². The molecule has 0 saturated carbocycles. The van der Waals surface area contributed by atoms with Crippen LogP contribution in [0.2, 0.25) is 0 Å². The summed E-state index contributed by atoms with van der Waals surface area (Å²) in [4.78, 5) is 2.08. The third kappa shape index (κ3) is 1.92. The summed E-state index contributed by atoms with van der Waals surface area (Å²) in [5.74, 6) is 0.738. The highest BCUT2D eigenvalue weighted by Gasteiger charge is 2.15. The SMILES string of the molecule is Cn1cc(CN2CCCCC2=N)nn1. The predicted molar refractivity (Wildman–Crippen MR) is 53.0 cm³/mol. The molecule has 0 spiro atoms. The van der Waals surface area contributed by atoms with Crippen LogP contribution >= 0.6 is 0 Å². The molecule has 2 heterocycles. The number of hydrogen-bond donors (Lipinski definition) is 1. The number of rotatable bonds is 2. The first-order valence-electron chi connectivity index (χ1n) is 4.93. The van der Waals surface area contributed by atoms with E-state index in [1.165, 1.54) is 6.42 Å². The lowest BCUT2D eigenvalue weighted by Gasteiger charge is -2.28. The molecule has 0 aliphatic carbocycles. The number of nitrogens with one attached hydrogen (secondary N) is 1. The topological polar surface area (TPSA) is 57.8 Å². The molecule has 1 aliphatic rings. The zero-order chi connectivity index (χ0) is 9.97. The first-order valence-corrected chi connectivity index (χ1v) is 4.93. The van der Waals surface area contributed by atoms with E-state index in [2.05, 4.69) is 15.2 Å². The Morgan fingerprint density at radius 1 is 1.50 bits per heavy atom. The number of likely N-dealkylation sites (tertiary alicyclic amines) is 1. The van der Waals surface area contributed by atoms with Crippen LogP contribution in [0.3, 0.4) is 0 Å². The molecule has 5 heteroatoms. The Bertz CT molecular complexity index is 330. The van der Waals surface area contributed by atoms with Gasteiger partial charge in [-0.2, -0.15) is 0 Å². The number of hydrogen-bond acceptors (Lipinski definition) is 3. The van der Waals surface area contributed by atoms with Crippen molar-refractivity contribution >= 4 is 5.84 Å². The summed E-state index contributed by atoms with van der Waals surface area (Å²) in [6.45, 7) is 1.71. The van der Waals surface area contributed by atoms with Crippen molar-refractivity contribution in [1.29, 1.82) is 5.41 Å². The molecule has 1 N–H and O–H groups in total. The Morgan fingerprint density at radius 2 is 2.36 bits per heavy atom. The molecule has 1 aromatic rings. The van der Waals surface area contributed by atoms with Crippen molar-refractivity contribution in [3.63, 3.8) is 0 Å². The molecule has 0 bridgehead atoms. The van der Waals surface area contributed by atoms with Crippen LogP contribution in [-0.2, 0) is 13.6 Å². The zero-order valence-electron chi connectivity index (χ0n) is 8.40. The van der Waals surface area contributed by atoms with Gasteiger partial charge in [0.25, 0.3) is 0 Å². The van der Waals surface area contributed by atoms with Crippen molar-refractivity contribution in [3.8, 4) is 0 Å². The fourth-order valence-corrected chi connectivity index (χ4v) is 1.73. The lowest BCUT2D eigenvalue weighted by molar-refractivity contribution is 0.357. The summed E-state index contributed by atoms with van der Waals surface area (Å²) in [5, 5.41) is 15.7. The van der Waals surface area contributed by atoms with Gasteiger partial charge in [-0.25, -0.2) is 0 Å². The minimum Gasteiger partial charge on any atom is -0.355 e. The highest BCUT2D eigenvalue weighted by atomic mass is 15.4. The summed E-state index contributed by atoms with van der Waals surface area (Å²) in [5.41, 5.74) is 0.944. The van der Waals surface area contributed by atoms with Crippen LogP contribution in [0, 0.1) is 5.41 Å². The van der Waals surface area contributed by atoms with Gasteiger partial charge in [0.05, 0.1) is 12.4 Å². The molecule has 2 rings (SSSR count). The van der Waals surface area contributed by atoms with Gasteiger partial charge < -0.3 is 4.90 Å². The highest BCUT2D eigenvalue weighted by molar-refractivity contribution is 5.79. The smallest absolute Gasteiger partial charge is 0.102 e. The van der Waals surface area contributed by atoms with Crippen molar-refractivity contribution in [1.82, 2.24) is 19.9 Å². The molecule has 0 unspecified atom stereocenters. The van der Waals surface area contributed by atoms with Crippen LogP contribution in [0.15, 0.2) is 6.20 Å². The van der Waals surface area contributed by atoms with Gasteiger partial charge >= 0.3 is 0 Å². The summed E-state index contributed by atoms with van der Waals surface area (Å²) in [7, 11) is 1.86. The lowest BCUT2D eigenvalue weighted by atomic mass is 10.1. The van der Waals surface area contributed by atoms with E-state index in [9.17, 15) is 0 Å². The number of aryl methyl sites for hydroxylation is 1. The van der Waals surface area contributed by atoms with Gasteiger partial charge in [-0.3, -0.25) is 10.1 Å². The van der Waals surface area contributed by atoms with Gasteiger partial charge in [0.1, 0.15) is 5.69 Å². The molecule has 14 heavy (non-hydrogen) atoms. The highest BCUT2D eigenvalue weighted by Crippen LogP contribution is 2.12. The first-order chi connectivity index (χ1) is 6.75.